The lowest BCUT2D eigenvalue weighted by atomic mass is 10.3. The summed E-state index contributed by atoms with van der Waals surface area (Å²) in [5.74, 6) is -0.0742. The van der Waals surface area contributed by atoms with Crippen molar-refractivity contribution in [2.24, 2.45) is 7.05 Å². The van der Waals surface area contributed by atoms with Crippen molar-refractivity contribution in [3.8, 4) is 0 Å². The van der Waals surface area contributed by atoms with Crippen molar-refractivity contribution in [3.63, 3.8) is 0 Å². The van der Waals surface area contributed by atoms with Crippen molar-refractivity contribution >= 4 is 17.6 Å². The molecule has 0 saturated carbocycles. The van der Waals surface area contributed by atoms with Crippen LogP contribution in [0, 0.1) is 0 Å². The zero-order valence-corrected chi connectivity index (χ0v) is 14.3. The van der Waals surface area contributed by atoms with Gasteiger partial charge in [0.25, 0.3) is 0 Å². The number of hydrogen-bond donors (Lipinski definition) is 1. The van der Waals surface area contributed by atoms with Crippen LogP contribution in [0.1, 0.15) is 13.8 Å². The smallest absolute Gasteiger partial charge is 0.318 e. The van der Waals surface area contributed by atoms with Gasteiger partial charge in [0.05, 0.1) is 11.9 Å². The summed E-state index contributed by atoms with van der Waals surface area (Å²) in [7, 11) is 3.62. The van der Waals surface area contributed by atoms with E-state index in [-0.39, 0.29) is 11.9 Å². The van der Waals surface area contributed by atoms with E-state index in [2.05, 4.69) is 15.3 Å². The van der Waals surface area contributed by atoms with Crippen molar-refractivity contribution in [1.29, 1.82) is 0 Å². The molecule has 0 aliphatic carbocycles. The van der Waals surface area contributed by atoms with E-state index in [1.807, 2.05) is 26.4 Å². The third kappa shape index (κ3) is 4.14. The van der Waals surface area contributed by atoms with E-state index in [9.17, 15) is 9.59 Å². The van der Waals surface area contributed by atoms with Gasteiger partial charge >= 0.3 is 6.03 Å². The average molecular weight is 322 g/mol. The Labute approximate surface area is 137 Å². The van der Waals surface area contributed by atoms with Crippen molar-refractivity contribution in [2.45, 2.75) is 19.9 Å². The fraction of sp³-hybridized carbons (Fsp3) is 0.667. The number of anilines is 1. The predicted octanol–water partition coefficient (Wildman–Crippen LogP) is 0.119. The first-order valence-corrected chi connectivity index (χ1v) is 7.96. The Hall–Kier alpha value is -2.25. The van der Waals surface area contributed by atoms with E-state index < -0.39 is 6.04 Å². The first-order valence-electron chi connectivity index (χ1n) is 7.96. The Morgan fingerprint density at radius 3 is 2.52 bits per heavy atom. The van der Waals surface area contributed by atoms with Gasteiger partial charge in [-0.05, 0) is 13.8 Å². The summed E-state index contributed by atoms with van der Waals surface area (Å²) in [4.78, 5) is 29.8. The minimum atomic E-state index is -0.510. The van der Waals surface area contributed by atoms with Crippen LogP contribution in [0.25, 0.3) is 0 Å². The SMILES string of the molecule is CCN(C)C(=O)[C@H](C)NC(=O)N1CCN(c2cnn(C)c2)CC1. The van der Waals surface area contributed by atoms with Crippen LogP contribution in [0.15, 0.2) is 12.4 Å². The van der Waals surface area contributed by atoms with E-state index in [0.717, 1.165) is 18.8 Å². The molecule has 1 aliphatic heterocycles. The summed E-state index contributed by atoms with van der Waals surface area (Å²) >= 11 is 0. The number of carbonyl (C=O) groups is 2. The maximum Gasteiger partial charge on any atom is 0.318 e. The molecule has 0 unspecified atom stereocenters. The van der Waals surface area contributed by atoms with E-state index >= 15 is 0 Å². The number of piperazine rings is 1. The molecule has 23 heavy (non-hydrogen) atoms. The molecule has 1 aromatic rings. The molecule has 2 rings (SSSR count). The van der Waals surface area contributed by atoms with E-state index in [0.29, 0.717) is 19.6 Å². The molecule has 8 nitrogen and oxygen atoms in total. The van der Waals surface area contributed by atoms with Gasteiger partial charge in [0.15, 0.2) is 0 Å². The Morgan fingerprint density at radius 2 is 2.00 bits per heavy atom. The summed E-state index contributed by atoms with van der Waals surface area (Å²) in [6, 6.07) is -0.690. The first kappa shape index (κ1) is 17.1. The average Bonchev–Trinajstić information content (AvgIpc) is 2.99. The van der Waals surface area contributed by atoms with Crippen molar-refractivity contribution in [1.82, 2.24) is 24.9 Å². The Kier molecular flexibility index (Phi) is 5.46. The number of aromatic nitrogens is 2. The molecule has 1 aliphatic rings. The zero-order chi connectivity index (χ0) is 17.0. The van der Waals surface area contributed by atoms with Crippen LogP contribution in [0.5, 0.6) is 0 Å². The first-order chi connectivity index (χ1) is 10.9. The van der Waals surface area contributed by atoms with Crippen LogP contribution in [0.3, 0.4) is 0 Å². The maximum atomic E-state index is 12.3. The number of carbonyl (C=O) groups excluding carboxylic acids is 2. The van der Waals surface area contributed by atoms with Crippen LogP contribution in [-0.2, 0) is 11.8 Å². The van der Waals surface area contributed by atoms with Gasteiger partial charge in [0, 0.05) is 53.0 Å². The number of aryl methyl sites for hydroxylation is 1. The van der Waals surface area contributed by atoms with Gasteiger partial charge < -0.3 is 20.0 Å². The zero-order valence-electron chi connectivity index (χ0n) is 14.3. The molecule has 0 spiro atoms. The highest BCUT2D eigenvalue weighted by atomic mass is 16.2. The summed E-state index contributed by atoms with van der Waals surface area (Å²) in [6.07, 6.45) is 3.80. The summed E-state index contributed by atoms with van der Waals surface area (Å²) < 4.78 is 1.77. The van der Waals surface area contributed by atoms with E-state index in [4.69, 9.17) is 0 Å². The molecule has 1 atom stereocenters. The summed E-state index contributed by atoms with van der Waals surface area (Å²) in [6.45, 7) is 7.04. The number of rotatable bonds is 4. The Balaban J connectivity index is 1.82. The second-order valence-electron chi connectivity index (χ2n) is 5.87. The molecule has 0 aromatic carbocycles. The van der Waals surface area contributed by atoms with Gasteiger partial charge in [-0.25, -0.2) is 4.79 Å². The van der Waals surface area contributed by atoms with Crippen LogP contribution >= 0.6 is 0 Å². The molecule has 0 bridgehead atoms. The monoisotopic (exact) mass is 322 g/mol. The predicted molar refractivity (Wildman–Crippen MR) is 88.3 cm³/mol. The molecule has 0 radical (unpaired) electrons. The highest BCUT2D eigenvalue weighted by Crippen LogP contribution is 2.14. The number of amides is 3. The number of urea groups is 1. The molecule has 1 aromatic heterocycles. The molecule has 8 heteroatoms. The maximum absolute atomic E-state index is 12.3. The highest BCUT2D eigenvalue weighted by molar-refractivity contribution is 5.86. The minimum absolute atomic E-state index is 0.0742. The molecule has 1 fully saturated rings. The van der Waals surface area contributed by atoms with Gasteiger partial charge in [-0.1, -0.05) is 0 Å². The molecule has 128 valence electrons. The highest BCUT2D eigenvalue weighted by Gasteiger charge is 2.25. The van der Waals surface area contributed by atoms with Crippen LogP contribution in [0.2, 0.25) is 0 Å². The third-order valence-electron chi connectivity index (χ3n) is 4.18. The lowest BCUT2D eigenvalue weighted by Gasteiger charge is -2.35. The van der Waals surface area contributed by atoms with Gasteiger partial charge in [-0.3, -0.25) is 9.48 Å². The molecule has 1 N–H and O–H groups in total. The molecule has 1 saturated heterocycles. The number of nitrogens with one attached hydrogen (secondary N) is 1. The van der Waals surface area contributed by atoms with Crippen molar-refractivity contribution in [2.75, 3.05) is 44.7 Å². The summed E-state index contributed by atoms with van der Waals surface area (Å²) in [5.41, 5.74) is 1.07. The third-order valence-corrected chi connectivity index (χ3v) is 4.18. The lowest BCUT2D eigenvalue weighted by Crippen LogP contribution is -2.55. The lowest BCUT2D eigenvalue weighted by molar-refractivity contribution is -0.131. The van der Waals surface area contributed by atoms with Crippen LogP contribution < -0.4 is 10.2 Å². The molecule has 2 heterocycles. The number of hydrogen-bond acceptors (Lipinski definition) is 4. The van der Waals surface area contributed by atoms with Crippen LogP contribution in [-0.4, -0.2) is 77.3 Å². The van der Waals surface area contributed by atoms with Crippen molar-refractivity contribution < 1.29 is 9.59 Å². The van der Waals surface area contributed by atoms with Gasteiger partial charge in [-0.15, -0.1) is 0 Å². The topological polar surface area (TPSA) is 73.7 Å². The minimum Gasteiger partial charge on any atom is -0.365 e. The van der Waals surface area contributed by atoms with Gasteiger partial charge in [0.1, 0.15) is 6.04 Å². The Bertz CT molecular complexity index is 550. The number of likely N-dealkylation sites (N-methyl/N-ethyl adjacent to an activating group) is 1. The summed E-state index contributed by atoms with van der Waals surface area (Å²) in [5, 5.41) is 6.95. The van der Waals surface area contributed by atoms with E-state index in [1.165, 1.54) is 0 Å². The molecule has 3 amide bonds. The Morgan fingerprint density at radius 1 is 1.35 bits per heavy atom. The number of nitrogens with zero attached hydrogens (tertiary/aromatic N) is 5. The quantitative estimate of drug-likeness (QED) is 0.854. The second kappa shape index (κ2) is 7.34. The van der Waals surface area contributed by atoms with Crippen molar-refractivity contribution in [3.05, 3.63) is 12.4 Å². The fourth-order valence-electron chi connectivity index (χ4n) is 2.56. The molecular weight excluding hydrogens is 296 g/mol. The van der Waals surface area contributed by atoms with Crippen LogP contribution in [0.4, 0.5) is 10.5 Å². The largest absolute Gasteiger partial charge is 0.365 e. The fourth-order valence-corrected chi connectivity index (χ4v) is 2.56. The standard InChI is InChI=1S/C15H26N6O2/c1-5-18(3)14(22)12(2)17-15(23)21-8-6-20(7-9-21)13-10-16-19(4)11-13/h10-12H,5-9H2,1-4H3,(H,17,23)/t12-/m0/s1. The normalized spacial score (nSPS) is 16.2. The van der Waals surface area contributed by atoms with E-state index in [1.54, 1.807) is 28.5 Å². The van der Waals surface area contributed by atoms with Gasteiger partial charge in [-0.2, -0.15) is 5.10 Å². The van der Waals surface area contributed by atoms with Gasteiger partial charge in [0.2, 0.25) is 5.91 Å². The molecular formula is C15H26N6O2. The second-order valence-corrected chi connectivity index (χ2v) is 5.87.